The van der Waals surface area contributed by atoms with Crippen molar-refractivity contribution < 1.29 is 18.3 Å². The van der Waals surface area contributed by atoms with E-state index in [1.807, 2.05) is 0 Å². The van der Waals surface area contributed by atoms with Crippen LogP contribution in [-0.4, -0.2) is 24.7 Å². The zero-order chi connectivity index (χ0) is 9.78. The highest BCUT2D eigenvalue weighted by molar-refractivity contribution is 7.94. The summed E-state index contributed by atoms with van der Waals surface area (Å²) in [4.78, 5) is 10.0. The number of hydrogen-bond acceptors (Lipinski definition) is 3. The van der Waals surface area contributed by atoms with Crippen LogP contribution in [0.15, 0.2) is 11.5 Å². The molecule has 0 radical (unpaired) electrons. The molecule has 1 atom stereocenters. The van der Waals surface area contributed by atoms with Crippen LogP contribution < -0.4 is 0 Å². The molecule has 0 aromatic carbocycles. The molecular formula is C7H12O4S. The van der Waals surface area contributed by atoms with Gasteiger partial charge in [0.25, 0.3) is 0 Å². The lowest BCUT2D eigenvalue weighted by Gasteiger charge is -2.04. The van der Waals surface area contributed by atoms with Crippen LogP contribution in [-0.2, 0) is 14.6 Å². The Morgan fingerprint density at radius 2 is 2.08 bits per heavy atom. The Balaban J connectivity index is 4.55. The van der Waals surface area contributed by atoms with Crippen molar-refractivity contribution in [1.82, 2.24) is 0 Å². The minimum absolute atomic E-state index is 0.478. The summed E-state index contributed by atoms with van der Waals surface area (Å²) in [6.45, 7) is 3.28. The highest BCUT2D eigenvalue weighted by Gasteiger charge is 2.15. The standard InChI is InChI=1S/C7H12O4S/c1-3-6(2)12(10,11)5-4-7(8)9/h4-6H,3H2,1-2H3,(H,8,9)/b5-4+. The van der Waals surface area contributed by atoms with Gasteiger partial charge in [0.05, 0.1) is 5.25 Å². The van der Waals surface area contributed by atoms with Gasteiger partial charge in [0.15, 0.2) is 9.84 Å². The Bertz CT molecular complexity index is 276. The van der Waals surface area contributed by atoms with Crippen molar-refractivity contribution in [2.75, 3.05) is 0 Å². The quantitative estimate of drug-likeness (QED) is 0.669. The van der Waals surface area contributed by atoms with Crippen molar-refractivity contribution in [3.63, 3.8) is 0 Å². The molecule has 0 spiro atoms. The fourth-order valence-electron chi connectivity index (χ4n) is 0.519. The summed E-state index contributed by atoms with van der Waals surface area (Å²) in [5, 5.41) is 8.40. The van der Waals surface area contributed by atoms with Gasteiger partial charge in [0, 0.05) is 11.5 Å². The van der Waals surface area contributed by atoms with E-state index in [0.717, 1.165) is 5.41 Å². The Morgan fingerprint density at radius 1 is 1.58 bits per heavy atom. The average molecular weight is 192 g/mol. The van der Waals surface area contributed by atoms with E-state index < -0.39 is 21.1 Å². The molecule has 0 saturated heterocycles. The van der Waals surface area contributed by atoms with E-state index >= 15 is 0 Å². The Morgan fingerprint density at radius 3 is 2.42 bits per heavy atom. The predicted octanol–water partition coefficient (Wildman–Crippen LogP) is 0.798. The van der Waals surface area contributed by atoms with Gasteiger partial charge in [-0.2, -0.15) is 0 Å². The lowest BCUT2D eigenvalue weighted by Crippen LogP contribution is -2.13. The van der Waals surface area contributed by atoms with Crippen LogP contribution in [0.1, 0.15) is 20.3 Å². The minimum atomic E-state index is -3.37. The molecule has 1 N–H and O–H groups in total. The fraction of sp³-hybridized carbons (Fsp3) is 0.571. The predicted molar refractivity (Wildman–Crippen MR) is 45.4 cm³/mol. The third-order valence-electron chi connectivity index (χ3n) is 1.54. The monoisotopic (exact) mass is 192 g/mol. The Labute approximate surface area is 71.8 Å². The van der Waals surface area contributed by atoms with Crippen molar-refractivity contribution in [2.24, 2.45) is 0 Å². The molecule has 4 nitrogen and oxygen atoms in total. The van der Waals surface area contributed by atoms with Crippen LogP contribution in [0.3, 0.4) is 0 Å². The maximum absolute atomic E-state index is 11.1. The lowest BCUT2D eigenvalue weighted by atomic mass is 10.4. The Kier molecular flexibility index (Phi) is 3.95. The first kappa shape index (κ1) is 11.2. The largest absolute Gasteiger partial charge is 0.478 e. The number of carboxylic acid groups (broad SMARTS) is 1. The van der Waals surface area contributed by atoms with Crippen LogP contribution >= 0.6 is 0 Å². The average Bonchev–Trinajstić information content (AvgIpc) is 1.99. The first-order chi connectivity index (χ1) is 5.40. The van der Waals surface area contributed by atoms with Crippen molar-refractivity contribution in [3.05, 3.63) is 11.5 Å². The van der Waals surface area contributed by atoms with Crippen molar-refractivity contribution in [1.29, 1.82) is 0 Å². The van der Waals surface area contributed by atoms with Crippen LogP contribution in [0.25, 0.3) is 0 Å². The fourth-order valence-corrected chi connectivity index (χ4v) is 1.56. The van der Waals surface area contributed by atoms with E-state index in [2.05, 4.69) is 0 Å². The first-order valence-electron chi connectivity index (χ1n) is 3.55. The third kappa shape index (κ3) is 3.52. The van der Waals surface area contributed by atoms with Crippen LogP contribution in [0.5, 0.6) is 0 Å². The molecule has 0 fully saturated rings. The van der Waals surface area contributed by atoms with Crippen LogP contribution in [0.2, 0.25) is 0 Å². The molecule has 5 heteroatoms. The van der Waals surface area contributed by atoms with Gasteiger partial charge in [0.1, 0.15) is 0 Å². The van der Waals surface area contributed by atoms with Gasteiger partial charge in [-0.05, 0) is 13.3 Å². The van der Waals surface area contributed by atoms with E-state index in [4.69, 9.17) is 5.11 Å². The van der Waals surface area contributed by atoms with E-state index in [9.17, 15) is 13.2 Å². The molecular weight excluding hydrogens is 180 g/mol. The summed E-state index contributed by atoms with van der Waals surface area (Å²) in [6.07, 6.45) is 1.12. The molecule has 0 heterocycles. The number of carbonyl (C=O) groups is 1. The second-order valence-electron chi connectivity index (χ2n) is 2.45. The minimum Gasteiger partial charge on any atom is -0.478 e. The van der Waals surface area contributed by atoms with Gasteiger partial charge in [0.2, 0.25) is 0 Å². The summed E-state index contributed by atoms with van der Waals surface area (Å²) >= 11 is 0. The first-order valence-corrected chi connectivity index (χ1v) is 5.16. The van der Waals surface area contributed by atoms with Gasteiger partial charge >= 0.3 is 5.97 Å². The highest BCUT2D eigenvalue weighted by atomic mass is 32.2. The molecule has 1 unspecified atom stereocenters. The molecule has 0 aromatic heterocycles. The molecule has 70 valence electrons. The SMILES string of the molecule is CCC(C)S(=O)(=O)/C=C/C(=O)O. The maximum Gasteiger partial charge on any atom is 0.329 e. The molecule has 0 aromatic rings. The van der Waals surface area contributed by atoms with Crippen molar-refractivity contribution in [2.45, 2.75) is 25.5 Å². The zero-order valence-electron chi connectivity index (χ0n) is 7.02. The summed E-state index contributed by atoms with van der Waals surface area (Å²) < 4.78 is 22.2. The van der Waals surface area contributed by atoms with Crippen molar-refractivity contribution in [3.8, 4) is 0 Å². The second-order valence-corrected chi connectivity index (χ2v) is 4.70. The highest BCUT2D eigenvalue weighted by Crippen LogP contribution is 2.06. The topological polar surface area (TPSA) is 71.4 Å². The Hall–Kier alpha value is -0.840. The molecule has 0 amide bonds. The van der Waals surface area contributed by atoms with E-state index in [0.29, 0.717) is 12.5 Å². The van der Waals surface area contributed by atoms with Crippen molar-refractivity contribution >= 4 is 15.8 Å². The van der Waals surface area contributed by atoms with Crippen LogP contribution in [0.4, 0.5) is 0 Å². The zero-order valence-corrected chi connectivity index (χ0v) is 7.84. The number of carboxylic acids is 1. The van der Waals surface area contributed by atoms with Gasteiger partial charge in [-0.3, -0.25) is 0 Å². The third-order valence-corrected chi connectivity index (χ3v) is 3.51. The molecule has 0 aliphatic rings. The molecule has 0 saturated carbocycles. The number of aliphatic carboxylic acids is 1. The number of hydrogen-bond donors (Lipinski definition) is 1. The number of rotatable bonds is 4. The van der Waals surface area contributed by atoms with Gasteiger partial charge in [-0.25, -0.2) is 13.2 Å². The lowest BCUT2D eigenvalue weighted by molar-refractivity contribution is -0.131. The molecule has 0 rings (SSSR count). The van der Waals surface area contributed by atoms with E-state index in [-0.39, 0.29) is 0 Å². The van der Waals surface area contributed by atoms with Crippen LogP contribution in [0, 0.1) is 0 Å². The molecule has 0 aliphatic carbocycles. The van der Waals surface area contributed by atoms with Gasteiger partial charge in [-0.1, -0.05) is 6.92 Å². The summed E-state index contributed by atoms with van der Waals surface area (Å²) in [5.74, 6) is -1.25. The molecule has 0 aliphatic heterocycles. The van der Waals surface area contributed by atoms with Gasteiger partial charge < -0.3 is 5.11 Å². The normalized spacial score (nSPS) is 14.8. The van der Waals surface area contributed by atoms with E-state index in [1.54, 1.807) is 13.8 Å². The second kappa shape index (κ2) is 4.25. The summed E-state index contributed by atoms with van der Waals surface area (Å²) in [6, 6.07) is 0. The number of sulfone groups is 1. The maximum atomic E-state index is 11.1. The smallest absolute Gasteiger partial charge is 0.329 e. The van der Waals surface area contributed by atoms with E-state index in [1.165, 1.54) is 0 Å². The molecule has 0 bridgehead atoms. The summed E-state index contributed by atoms with van der Waals surface area (Å²) in [7, 11) is -3.37. The van der Waals surface area contributed by atoms with Gasteiger partial charge in [-0.15, -0.1) is 0 Å². The molecule has 12 heavy (non-hydrogen) atoms. The summed E-state index contributed by atoms with van der Waals surface area (Å²) in [5.41, 5.74) is 0.